The molecule has 0 bridgehead atoms. The molecule has 0 saturated carbocycles. The molecular formula is C8H6N2O3S. The molecular weight excluding hydrogens is 204 g/mol. The maximum absolute atomic E-state index is 10.8. The average molecular weight is 210 g/mol. The molecule has 5 nitrogen and oxygen atoms in total. The van der Waals surface area contributed by atoms with Gasteiger partial charge in [0.1, 0.15) is 10.6 Å². The second-order valence-corrected chi connectivity index (χ2v) is 3.15. The van der Waals surface area contributed by atoms with Crippen LogP contribution in [0.1, 0.15) is 16.1 Å². The summed E-state index contributed by atoms with van der Waals surface area (Å²) in [7, 11) is 0. The number of carbonyl (C=O) groups is 2. The smallest absolute Gasteiger partial charge is 0.340 e. The normalized spacial score (nSPS) is 9.14. The van der Waals surface area contributed by atoms with E-state index in [-0.39, 0.29) is 10.6 Å². The monoisotopic (exact) mass is 210 g/mol. The zero-order chi connectivity index (χ0) is 10.7. The first-order chi connectivity index (χ1) is 6.56. The van der Waals surface area contributed by atoms with Gasteiger partial charge in [-0.05, 0) is 24.4 Å². The van der Waals surface area contributed by atoms with Crippen LogP contribution in [0.25, 0.3) is 0 Å². The molecule has 1 amide bonds. The van der Waals surface area contributed by atoms with E-state index in [1.807, 2.05) is 5.92 Å². The van der Waals surface area contributed by atoms with Gasteiger partial charge in [-0.1, -0.05) is 0 Å². The van der Waals surface area contributed by atoms with Crippen molar-refractivity contribution in [3.63, 3.8) is 0 Å². The summed E-state index contributed by atoms with van der Waals surface area (Å²) in [6.45, 7) is 1.55. The fourth-order valence-corrected chi connectivity index (χ4v) is 1.63. The molecule has 0 aliphatic rings. The lowest BCUT2D eigenvalue weighted by molar-refractivity contribution is -0.111. The average Bonchev–Trinajstić information content (AvgIpc) is 2.46. The summed E-state index contributed by atoms with van der Waals surface area (Å²) in [5, 5.41) is 11.2. The molecule has 2 N–H and O–H groups in total. The SMILES string of the molecule is C#CC(=O)Nc1snc(C)c1C(=O)O. The van der Waals surface area contributed by atoms with Gasteiger partial charge in [-0.2, -0.15) is 4.37 Å². The molecule has 14 heavy (non-hydrogen) atoms. The van der Waals surface area contributed by atoms with Gasteiger partial charge in [-0.15, -0.1) is 6.42 Å². The number of aromatic carboxylic acids is 1. The molecule has 1 rings (SSSR count). The van der Waals surface area contributed by atoms with E-state index in [1.165, 1.54) is 0 Å². The van der Waals surface area contributed by atoms with Crippen molar-refractivity contribution in [3.05, 3.63) is 11.3 Å². The minimum absolute atomic E-state index is 0.0152. The van der Waals surface area contributed by atoms with Gasteiger partial charge in [0.25, 0.3) is 0 Å². The van der Waals surface area contributed by atoms with Crippen molar-refractivity contribution in [2.75, 3.05) is 5.32 Å². The number of carboxylic acids is 1. The molecule has 0 radical (unpaired) electrons. The van der Waals surface area contributed by atoms with Gasteiger partial charge in [-0.25, -0.2) is 4.79 Å². The Morgan fingerprint density at radius 1 is 1.64 bits per heavy atom. The summed E-state index contributed by atoms with van der Waals surface area (Å²) < 4.78 is 3.80. The van der Waals surface area contributed by atoms with Crippen LogP contribution < -0.4 is 5.32 Å². The third kappa shape index (κ3) is 1.89. The Morgan fingerprint density at radius 2 is 2.29 bits per heavy atom. The fourth-order valence-electron chi connectivity index (χ4n) is 0.846. The third-order valence-corrected chi connectivity index (χ3v) is 2.29. The highest BCUT2D eigenvalue weighted by atomic mass is 32.1. The van der Waals surface area contributed by atoms with Crippen molar-refractivity contribution in [3.8, 4) is 12.3 Å². The van der Waals surface area contributed by atoms with E-state index in [9.17, 15) is 9.59 Å². The predicted molar refractivity (Wildman–Crippen MR) is 51.3 cm³/mol. The number of nitrogens with one attached hydrogen (secondary N) is 1. The maximum Gasteiger partial charge on any atom is 0.340 e. The predicted octanol–water partition coefficient (Wildman–Crippen LogP) is 0.721. The van der Waals surface area contributed by atoms with Crippen LogP contribution >= 0.6 is 11.5 Å². The number of anilines is 1. The second-order valence-electron chi connectivity index (χ2n) is 2.38. The quantitative estimate of drug-likeness (QED) is 0.705. The molecule has 1 aromatic heterocycles. The topological polar surface area (TPSA) is 79.3 Å². The Balaban J connectivity index is 3.05. The minimum Gasteiger partial charge on any atom is -0.478 e. The number of hydrogen-bond acceptors (Lipinski definition) is 4. The summed E-state index contributed by atoms with van der Waals surface area (Å²) in [4.78, 5) is 21.5. The van der Waals surface area contributed by atoms with Gasteiger partial charge in [0, 0.05) is 0 Å². The largest absolute Gasteiger partial charge is 0.478 e. The third-order valence-electron chi connectivity index (χ3n) is 1.43. The number of aromatic nitrogens is 1. The number of amides is 1. The Morgan fingerprint density at radius 3 is 2.79 bits per heavy atom. The van der Waals surface area contributed by atoms with Crippen LogP contribution in [0.3, 0.4) is 0 Å². The van der Waals surface area contributed by atoms with E-state index in [2.05, 4.69) is 9.69 Å². The molecule has 0 aliphatic carbocycles. The standard InChI is InChI=1S/C8H6N2O3S/c1-3-5(11)9-7-6(8(12)13)4(2)10-14-7/h1H,2H3,(H,9,11)(H,12,13). The number of carbonyl (C=O) groups excluding carboxylic acids is 1. The molecule has 0 saturated heterocycles. The van der Waals surface area contributed by atoms with Crippen LogP contribution in [0.4, 0.5) is 5.00 Å². The molecule has 0 aliphatic heterocycles. The van der Waals surface area contributed by atoms with E-state index in [4.69, 9.17) is 11.5 Å². The van der Waals surface area contributed by atoms with Gasteiger partial charge in [-0.3, -0.25) is 4.79 Å². The van der Waals surface area contributed by atoms with Crippen molar-refractivity contribution in [1.29, 1.82) is 0 Å². The molecule has 0 fully saturated rings. The minimum atomic E-state index is -1.14. The van der Waals surface area contributed by atoms with Gasteiger partial charge in [0.2, 0.25) is 0 Å². The molecule has 1 heterocycles. The highest BCUT2D eigenvalue weighted by Gasteiger charge is 2.18. The van der Waals surface area contributed by atoms with Crippen molar-refractivity contribution in [1.82, 2.24) is 4.37 Å². The number of hydrogen-bond donors (Lipinski definition) is 2. The molecule has 0 aromatic carbocycles. The van der Waals surface area contributed by atoms with Gasteiger partial charge < -0.3 is 10.4 Å². The van der Waals surface area contributed by atoms with Crippen molar-refractivity contribution in [2.45, 2.75) is 6.92 Å². The van der Waals surface area contributed by atoms with Crippen LogP contribution in [0, 0.1) is 19.3 Å². The highest BCUT2D eigenvalue weighted by Crippen LogP contribution is 2.23. The summed E-state index contributed by atoms with van der Waals surface area (Å²) in [6.07, 6.45) is 4.83. The second kappa shape index (κ2) is 3.89. The van der Waals surface area contributed by atoms with Crippen LogP contribution in [-0.4, -0.2) is 21.4 Å². The summed E-state index contributed by atoms with van der Waals surface area (Å²) in [5.74, 6) is 0.00506. The van der Waals surface area contributed by atoms with E-state index in [1.54, 1.807) is 6.92 Å². The first kappa shape index (κ1) is 10.2. The summed E-state index contributed by atoms with van der Waals surface area (Å²) >= 11 is 0.890. The lowest BCUT2D eigenvalue weighted by atomic mass is 10.2. The Labute approximate surface area is 83.9 Å². The first-order valence-electron chi connectivity index (χ1n) is 3.53. The number of carboxylic acid groups (broad SMARTS) is 1. The number of rotatable bonds is 2. The van der Waals surface area contributed by atoms with Crippen molar-refractivity contribution >= 4 is 28.4 Å². The molecule has 0 atom stereocenters. The number of nitrogens with zero attached hydrogens (tertiary/aromatic N) is 1. The zero-order valence-electron chi connectivity index (χ0n) is 7.20. The molecule has 1 aromatic rings. The van der Waals surface area contributed by atoms with Crippen molar-refractivity contribution < 1.29 is 14.7 Å². The van der Waals surface area contributed by atoms with E-state index >= 15 is 0 Å². The lowest BCUT2D eigenvalue weighted by Gasteiger charge is -1.97. The summed E-state index contributed by atoms with van der Waals surface area (Å²) in [5.41, 5.74) is 0.341. The zero-order valence-corrected chi connectivity index (χ0v) is 8.01. The first-order valence-corrected chi connectivity index (χ1v) is 4.30. The Bertz CT molecular complexity index is 430. The Kier molecular flexibility index (Phi) is 2.84. The van der Waals surface area contributed by atoms with Crippen LogP contribution in [0.5, 0.6) is 0 Å². The lowest BCUT2D eigenvalue weighted by Crippen LogP contribution is -2.10. The van der Waals surface area contributed by atoms with E-state index < -0.39 is 11.9 Å². The molecule has 72 valence electrons. The van der Waals surface area contributed by atoms with Gasteiger partial charge >= 0.3 is 11.9 Å². The van der Waals surface area contributed by atoms with E-state index in [0.29, 0.717) is 5.69 Å². The van der Waals surface area contributed by atoms with E-state index in [0.717, 1.165) is 11.5 Å². The molecule has 0 unspecified atom stereocenters. The maximum atomic E-state index is 10.8. The van der Waals surface area contributed by atoms with Crippen LogP contribution in [0.15, 0.2) is 0 Å². The van der Waals surface area contributed by atoms with Gasteiger partial charge in [0.05, 0.1) is 5.69 Å². The molecule has 6 heteroatoms. The molecule has 0 spiro atoms. The van der Waals surface area contributed by atoms with Crippen molar-refractivity contribution in [2.24, 2.45) is 0 Å². The van der Waals surface area contributed by atoms with Gasteiger partial charge in [0.15, 0.2) is 0 Å². The van der Waals surface area contributed by atoms with Crippen LogP contribution in [-0.2, 0) is 4.79 Å². The fraction of sp³-hybridized carbons (Fsp3) is 0.125. The Hall–Kier alpha value is -1.87. The summed E-state index contributed by atoms with van der Waals surface area (Å²) in [6, 6.07) is 0. The highest BCUT2D eigenvalue weighted by molar-refractivity contribution is 7.11. The van der Waals surface area contributed by atoms with Crippen LogP contribution in [0.2, 0.25) is 0 Å². The number of aryl methyl sites for hydroxylation is 1. The number of terminal acetylenes is 1.